The molecule has 0 aliphatic carbocycles. The van der Waals surface area contributed by atoms with Crippen LogP contribution < -0.4 is 4.90 Å². The van der Waals surface area contributed by atoms with E-state index in [4.69, 9.17) is 9.97 Å². The summed E-state index contributed by atoms with van der Waals surface area (Å²) < 4.78 is 0. The first-order valence-electron chi connectivity index (χ1n) is 8.30. The molecule has 0 aromatic carbocycles. The molecule has 1 aromatic rings. The smallest absolute Gasteiger partial charge is 0.225 e. The molecule has 2 rings (SSSR count). The summed E-state index contributed by atoms with van der Waals surface area (Å²) in [6.45, 7) is 17.9. The molecule has 0 spiro atoms. The van der Waals surface area contributed by atoms with Crippen LogP contribution >= 0.6 is 0 Å². The molecule has 3 nitrogen and oxygen atoms in total. The van der Waals surface area contributed by atoms with Crippen LogP contribution in [-0.2, 0) is 0 Å². The predicted molar refractivity (Wildman–Crippen MR) is 90.0 cm³/mol. The minimum Gasteiger partial charge on any atom is -0.341 e. The van der Waals surface area contributed by atoms with Crippen molar-refractivity contribution in [1.29, 1.82) is 0 Å². The maximum absolute atomic E-state index is 4.78. The Hall–Kier alpha value is -1.12. The van der Waals surface area contributed by atoms with Crippen molar-refractivity contribution >= 4 is 5.95 Å². The van der Waals surface area contributed by atoms with E-state index in [9.17, 15) is 0 Å². The molecule has 1 aromatic heterocycles. The van der Waals surface area contributed by atoms with Crippen LogP contribution in [0.5, 0.6) is 0 Å². The molecule has 0 atom stereocenters. The van der Waals surface area contributed by atoms with Crippen molar-refractivity contribution < 1.29 is 0 Å². The van der Waals surface area contributed by atoms with Crippen LogP contribution in [0.1, 0.15) is 70.3 Å². The second-order valence-electron chi connectivity index (χ2n) is 7.89. The first-order valence-corrected chi connectivity index (χ1v) is 8.30. The van der Waals surface area contributed by atoms with E-state index in [0.29, 0.717) is 11.3 Å². The first-order chi connectivity index (χ1) is 9.70. The zero-order valence-corrected chi connectivity index (χ0v) is 14.8. The summed E-state index contributed by atoms with van der Waals surface area (Å²) in [6.07, 6.45) is 2.49. The molecule has 21 heavy (non-hydrogen) atoms. The average molecular weight is 289 g/mol. The van der Waals surface area contributed by atoms with Crippen LogP contribution in [0.25, 0.3) is 0 Å². The van der Waals surface area contributed by atoms with E-state index in [1.165, 1.54) is 18.4 Å². The first kappa shape index (κ1) is 16.3. The molecular formula is C18H31N3. The molecule has 1 fully saturated rings. The molecule has 1 aliphatic heterocycles. The minimum absolute atomic E-state index is 0.417. The van der Waals surface area contributed by atoms with Gasteiger partial charge in [0.25, 0.3) is 0 Å². The van der Waals surface area contributed by atoms with Gasteiger partial charge in [0.2, 0.25) is 5.95 Å². The normalized spacial score (nSPS) is 17.6. The summed E-state index contributed by atoms with van der Waals surface area (Å²) in [5.74, 6) is 2.23. The third-order valence-electron chi connectivity index (χ3n) is 4.89. The maximum atomic E-state index is 4.78. The van der Waals surface area contributed by atoms with Crippen LogP contribution in [0.15, 0.2) is 0 Å². The summed E-state index contributed by atoms with van der Waals surface area (Å²) in [5.41, 5.74) is 4.01. The van der Waals surface area contributed by atoms with Crippen molar-refractivity contribution in [2.75, 3.05) is 18.0 Å². The topological polar surface area (TPSA) is 29.0 Å². The number of nitrogens with zero attached hydrogens (tertiary/aromatic N) is 3. The lowest BCUT2D eigenvalue weighted by molar-refractivity contribution is 0.198. The summed E-state index contributed by atoms with van der Waals surface area (Å²) in [6, 6.07) is 0. The zero-order chi connectivity index (χ0) is 15.8. The second-order valence-corrected chi connectivity index (χ2v) is 7.89. The highest BCUT2D eigenvalue weighted by Crippen LogP contribution is 2.35. The molecular weight excluding hydrogens is 258 g/mol. The quantitative estimate of drug-likeness (QED) is 0.804. The number of aromatic nitrogens is 2. The van der Waals surface area contributed by atoms with Crippen molar-refractivity contribution in [3.63, 3.8) is 0 Å². The standard InChI is InChI=1S/C18H31N3/c1-12(2)16-13(3)19-17(20-14(16)4)21-10-8-15(9-11-21)18(5,6)7/h12,15H,8-11H2,1-7H3. The van der Waals surface area contributed by atoms with Gasteiger partial charge in [-0.1, -0.05) is 34.6 Å². The van der Waals surface area contributed by atoms with Crippen LogP contribution in [0, 0.1) is 25.2 Å². The summed E-state index contributed by atoms with van der Waals surface area (Å²) >= 11 is 0. The van der Waals surface area contributed by atoms with E-state index >= 15 is 0 Å². The SMILES string of the molecule is Cc1nc(N2CCC(C(C)(C)C)CC2)nc(C)c1C(C)C. The van der Waals surface area contributed by atoms with Gasteiger partial charge in [-0.05, 0) is 49.5 Å². The maximum Gasteiger partial charge on any atom is 0.225 e. The van der Waals surface area contributed by atoms with E-state index in [2.05, 4.69) is 53.4 Å². The van der Waals surface area contributed by atoms with Crippen molar-refractivity contribution in [1.82, 2.24) is 9.97 Å². The Balaban J connectivity index is 2.15. The van der Waals surface area contributed by atoms with E-state index < -0.39 is 0 Å². The lowest BCUT2D eigenvalue weighted by Crippen LogP contribution is -2.39. The van der Waals surface area contributed by atoms with Gasteiger partial charge in [0.15, 0.2) is 0 Å². The summed E-state index contributed by atoms with van der Waals surface area (Å²) in [5, 5.41) is 0. The Kier molecular flexibility index (Phi) is 4.60. The van der Waals surface area contributed by atoms with Crippen LogP contribution in [0.2, 0.25) is 0 Å². The van der Waals surface area contributed by atoms with Gasteiger partial charge in [-0.15, -0.1) is 0 Å². The fourth-order valence-electron chi connectivity index (χ4n) is 3.63. The highest BCUT2D eigenvalue weighted by atomic mass is 15.3. The predicted octanol–water partition coefficient (Wildman–Crippen LogP) is 4.48. The molecule has 118 valence electrons. The fraction of sp³-hybridized carbons (Fsp3) is 0.778. The molecule has 3 heteroatoms. The van der Waals surface area contributed by atoms with Gasteiger partial charge in [-0.3, -0.25) is 0 Å². The lowest BCUT2D eigenvalue weighted by atomic mass is 9.75. The van der Waals surface area contributed by atoms with Gasteiger partial charge in [0.1, 0.15) is 0 Å². The number of piperidine rings is 1. The average Bonchev–Trinajstić information content (AvgIpc) is 2.36. The van der Waals surface area contributed by atoms with Gasteiger partial charge in [0, 0.05) is 24.5 Å². The largest absolute Gasteiger partial charge is 0.341 e. The molecule has 0 bridgehead atoms. The van der Waals surface area contributed by atoms with Crippen molar-refractivity contribution in [2.24, 2.45) is 11.3 Å². The van der Waals surface area contributed by atoms with Gasteiger partial charge in [-0.2, -0.15) is 0 Å². The van der Waals surface area contributed by atoms with E-state index in [1.807, 2.05) is 0 Å². The fourth-order valence-corrected chi connectivity index (χ4v) is 3.63. The molecule has 0 unspecified atom stereocenters. The number of hydrogen-bond donors (Lipinski definition) is 0. The number of hydrogen-bond acceptors (Lipinski definition) is 3. The molecule has 0 radical (unpaired) electrons. The molecule has 0 saturated carbocycles. The molecule has 2 heterocycles. The van der Waals surface area contributed by atoms with Crippen LogP contribution in [0.4, 0.5) is 5.95 Å². The molecule has 0 amide bonds. The number of rotatable bonds is 2. The second kappa shape index (κ2) is 5.94. The van der Waals surface area contributed by atoms with Crippen molar-refractivity contribution in [3.8, 4) is 0 Å². The summed E-state index contributed by atoms with van der Waals surface area (Å²) in [7, 11) is 0. The van der Waals surface area contributed by atoms with Crippen LogP contribution in [-0.4, -0.2) is 23.1 Å². The van der Waals surface area contributed by atoms with E-state index in [0.717, 1.165) is 36.3 Å². The van der Waals surface area contributed by atoms with E-state index in [1.54, 1.807) is 0 Å². The van der Waals surface area contributed by atoms with E-state index in [-0.39, 0.29) is 0 Å². The third kappa shape index (κ3) is 3.56. The van der Waals surface area contributed by atoms with Crippen LogP contribution in [0.3, 0.4) is 0 Å². The number of anilines is 1. The molecule has 1 saturated heterocycles. The Morgan fingerprint density at radius 2 is 1.48 bits per heavy atom. The number of aryl methyl sites for hydroxylation is 2. The molecule has 0 N–H and O–H groups in total. The lowest BCUT2D eigenvalue weighted by Gasteiger charge is -2.39. The summed E-state index contributed by atoms with van der Waals surface area (Å²) in [4.78, 5) is 11.9. The Bertz CT molecular complexity index is 469. The highest BCUT2D eigenvalue weighted by molar-refractivity contribution is 5.38. The monoisotopic (exact) mass is 289 g/mol. The zero-order valence-electron chi connectivity index (χ0n) is 14.8. The van der Waals surface area contributed by atoms with Gasteiger partial charge < -0.3 is 4.90 Å². The van der Waals surface area contributed by atoms with Gasteiger partial charge in [-0.25, -0.2) is 9.97 Å². The highest BCUT2D eigenvalue weighted by Gasteiger charge is 2.29. The molecule has 1 aliphatic rings. The Labute approximate surface area is 130 Å². The Morgan fingerprint density at radius 3 is 1.86 bits per heavy atom. The van der Waals surface area contributed by atoms with Crippen molar-refractivity contribution in [3.05, 3.63) is 17.0 Å². The Morgan fingerprint density at radius 1 is 1.00 bits per heavy atom. The van der Waals surface area contributed by atoms with Gasteiger partial charge >= 0.3 is 0 Å². The third-order valence-corrected chi connectivity index (χ3v) is 4.89. The van der Waals surface area contributed by atoms with Gasteiger partial charge in [0.05, 0.1) is 0 Å². The minimum atomic E-state index is 0.417. The van der Waals surface area contributed by atoms with Crippen molar-refractivity contribution in [2.45, 2.75) is 67.2 Å².